The molecular formula is C18H28O. The molecule has 1 aliphatic carbocycles. The minimum atomic E-state index is -0.459. The van der Waals surface area contributed by atoms with Crippen LogP contribution in [0.3, 0.4) is 0 Å². The van der Waals surface area contributed by atoms with E-state index >= 15 is 0 Å². The molecule has 19 heavy (non-hydrogen) atoms. The number of rotatable bonds is 4. The van der Waals surface area contributed by atoms with Crippen molar-refractivity contribution in [2.24, 2.45) is 11.8 Å². The standard InChI is InChI=1S/C18H28O/c1-4-15-5-7-16(8-6-15)13-18(19)11-9-17(10-12-18)14(2)3/h5-8,14,17,19H,4,9-13H2,1-3H3. The first-order valence-electron chi connectivity index (χ1n) is 7.82. The van der Waals surface area contributed by atoms with E-state index < -0.39 is 5.60 Å². The Bertz CT molecular complexity index is 383. The zero-order valence-corrected chi connectivity index (χ0v) is 12.7. The Hall–Kier alpha value is -0.820. The topological polar surface area (TPSA) is 20.2 Å². The molecule has 1 aliphatic rings. The van der Waals surface area contributed by atoms with E-state index in [0.717, 1.165) is 37.5 Å². The molecule has 0 atom stereocenters. The Morgan fingerprint density at radius 2 is 1.63 bits per heavy atom. The average molecular weight is 260 g/mol. The van der Waals surface area contributed by atoms with Crippen LogP contribution in [0.4, 0.5) is 0 Å². The monoisotopic (exact) mass is 260 g/mol. The van der Waals surface area contributed by atoms with Crippen LogP contribution in [0.1, 0.15) is 57.6 Å². The van der Waals surface area contributed by atoms with Gasteiger partial charge in [0, 0.05) is 6.42 Å². The third-order valence-corrected chi connectivity index (χ3v) is 4.87. The molecule has 0 aromatic heterocycles. The predicted octanol–water partition coefficient (Wildman–Crippen LogP) is 4.37. The summed E-state index contributed by atoms with van der Waals surface area (Å²) in [7, 11) is 0. The molecule has 0 spiro atoms. The van der Waals surface area contributed by atoms with Crippen molar-refractivity contribution in [1.82, 2.24) is 0 Å². The van der Waals surface area contributed by atoms with Gasteiger partial charge >= 0.3 is 0 Å². The number of aliphatic hydroxyl groups is 1. The zero-order chi connectivity index (χ0) is 13.9. The first-order chi connectivity index (χ1) is 9.02. The lowest BCUT2D eigenvalue weighted by Crippen LogP contribution is -2.37. The van der Waals surface area contributed by atoms with Crippen LogP contribution in [0.15, 0.2) is 24.3 Å². The van der Waals surface area contributed by atoms with E-state index in [-0.39, 0.29) is 0 Å². The summed E-state index contributed by atoms with van der Waals surface area (Å²) in [6.07, 6.45) is 6.20. The molecule has 0 heterocycles. The van der Waals surface area contributed by atoms with Crippen molar-refractivity contribution in [3.63, 3.8) is 0 Å². The van der Waals surface area contributed by atoms with Gasteiger partial charge in [-0.25, -0.2) is 0 Å². The van der Waals surface area contributed by atoms with Crippen LogP contribution in [0.25, 0.3) is 0 Å². The molecule has 106 valence electrons. The van der Waals surface area contributed by atoms with Crippen molar-refractivity contribution < 1.29 is 5.11 Å². The summed E-state index contributed by atoms with van der Waals surface area (Å²) in [6.45, 7) is 6.78. The molecule has 1 fully saturated rings. The first-order valence-corrected chi connectivity index (χ1v) is 7.82. The Morgan fingerprint density at radius 3 is 2.11 bits per heavy atom. The average Bonchev–Trinajstić information content (AvgIpc) is 2.40. The van der Waals surface area contributed by atoms with E-state index in [9.17, 15) is 5.11 Å². The van der Waals surface area contributed by atoms with Gasteiger partial charge in [0.15, 0.2) is 0 Å². The van der Waals surface area contributed by atoms with Crippen LogP contribution in [0.5, 0.6) is 0 Å². The maximum Gasteiger partial charge on any atom is 0.0688 e. The summed E-state index contributed by atoms with van der Waals surface area (Å²) in [6, 6.07) is 8.76. The number of benzene rings is 1. The maximum atomic E-state index is 10.8. The second kappa shape index (κ2) is 6.09. The largest absolute Gasteiger partial charge is 0.390 e. The summed E-state index contributed by atoms with van der Waals surface area (Å²) in [5, 5.41) is 10.8. The highest BCUT2D eigenvalue weighted by atomic mass is 16.3. The van der Waals surface area contributed by atoms with Gasteiger partial charge in [-0.15, -0.1) is 0 Å². The molecule has 1 saturated carbocycles. The van der Waals surface area contributed by atoms with Crippen molar-refractivity contribution in [3.05, 3.63) is 35.4 Å². The lowest BCUT2D eigenvalue weighted by Gasteiger charge is -2.37. The molecule has 2 rings (SSSR count). The Kier molecular flexibility index (Phi) is 4.67. The normalized spacial score (nSPS) is 27.7. The van der Waals surface area contributed by atoms with Crippen LogP contribution >= 0.6 is 0 Å². The van der Waals surface area contributed by atoms with Gasteiger partial charge in [-0.3, -0.25) is 0 Å². The van der Waals surface area contributed by atoms with E-state index in [1.807, 2.05) is 0 Å². The molecule has 0 unspecified atom stereocenters. The van der Waals surface area contributed by atoms with Crippen molar-refractivity contribution in [1.29, 1.82) is 0 Å². The van der Waals surface area contributed by atoms with Crippen LogP contribution in [0, 0.1) is 11.8 Å². The molecule has 1 heteroatoms. The molecular weight excluding hydrogens is 232 g/mol. The SMILES string of the molecule is CCc1ccc(CC2(O)CCC(C(C)C)CC2)cc1. The maximum absolute atomic E-state index is 10.8. The highest BCUT2D eigenvalue weighted by molar-refractivity contribution is 5.24. The highest BCUT2D eigenvalue weighted by Gasteiger charge is 2.34. The van der Waals surface area contributed by atoms with E-state index in [0.29, 0.717) is 0 Å². The fourth-order valence-corrected chi connectivity index (χ4v) is 3.29. The van der Waals surface area contributed by atoms with Crippen LogP contribution in [0.2, 0.25) is 0 Å². The van der Waals surface area contributed by atoms with Crippen molar-refractivity contribution >= 4 is 0 Å². The number of hydrogen-bond acceptors (Lipinski definition) is 1. The van der Waals surface area contributed by atoms with Gasteiger partial charge in [0.2, 0.25) is 0 Å². The van der Waals surface area contributed by atoms with Crippen molar-refractivity contribution in [3.8, 4) is 0 Å². The zero-order valence-electron chi connectivity index (χ0n) is 12.7. The van der Waals surface area contributed by atoms with Crippen LogP contribution in [-0.2, 0) is 12.8 Å². The van der Waals surface area contributed by atoms with Crippen LogP contribution in [-0.4, -0.2) is 10.7 Å². The highest BCUT2D eigenvalue weighted by Crippen LogP contribution is 2.37. The smallest absolute Gasteiger partial charge is 0.0688 e. The van der Waals surface area contributed by atoms with Gasteiger partial charge in [-0.2, -0.15) is 0 Å². The third kappa shape index (κ3) is 3.82. The summed E-state index contributed by atoms with van der Waals surface area (Å²) in [5.74, 6) is 1.57. The second-order valence-corrected chi connectivity index (χ2v) is 6.65. The van der Waals surface area contributed by atoms with Gasteiger partial charge in [0.25, 0.3) is 0 Å². The molecule has 0 saturated heterocycles. The predicted molar refractivity (Wildman–Crippen MR) is 81.3 cm³/mol. The van der Waals surface area contributed by atoms with Gasteiger partial charge in [0.1, 0.15) is 0 Å². The van der Waals surface area contributed by atoms with E-state index in [1.165, 1.54) is 24.0 Å². The molecule has 0 radical (unpaired) electrons. The Morgan fingerprint density at radius 1 is 1.11 bits per heavy atom. The second-order valence-electron chi connectivity index (χ2n) is 6.65. The van der Waals surface area contributed by atoms with Gasteiger partial charge in [0.05, 0.1) is 5.60 Å². The lowest BCUT2D eigenvalue weighted by atomic mass is 9.72. The minimum absolute atomic E-state index is 0.459. The minimum Gasteiger partial charge on any atom is -0.390 e. The summed E-state index contributed by atoms with van der Waals surface area (Å²) in [5.41, 5.74) is 2.20. The molecule has 0 amide bonds. The summed E-state index contributed by atoms with van der Waals surface area (Å²) < 4.78 is 0. The molecule has 0 aliphatic heterocycles. The van der Waals surface area contributed by atoms with E-state index in [4.69, 9.17) is 0 Å². The number of hydrogen-bond donors (Lipinski definition) is 1. The molecule has 1 aromatic carbocycles. The van der Waals surface area contributed by atoms with Crippen LogP contribution < -0.4 is 0 Å². The first kappa shape index (κ1) is 14.6. The fourth-order valence-electron chi connectivity index (χ4n) is 3.29. The summed E-state index contributed by atoms with van der Waals surface area (Å²) in [4.78, 5) is 0. The van der Waals surface area contributed by atoms with Crippen molar-refractivity contribution in [2.45, 2.75) is 64.9 Å². The van der Waals surface area contributed by atoms with Gasteiger partial charge in [-0.05, 0) is 55.1 Å². The fraction of sp³-hybridized carbons (Fsp3) is 0.667. The van der Waals surface area contributed by atoms with Gasteiger partial charge in [-0.1, -0.05) is 45.0 Å². The number of aryl methyl sites for hydroxylation is 1. The van der Waals surface area contributed by atoms with E-state index in [1.54, 1.807) is 0 Å². The van der Waals surface area contributed by atoms with Crippen molar-refractivity contribution in [2.75, 3.05) is 0 Å². The Labute approximate surface area is 118 Å². The molecule has 1 aromatic rings. The Balaban J connectivity index is 1.94. The third-order valence-electron chi connectivity index (χ3n) is 4.87. The van der Waals surface area contributed by atoms with E-state index in [2.05, 4.69) is 45.0 Å². The summed E-state index contributed by atoms with van der Waals surface area (Å²) >= 11 is 0. The van der Waals surface area contributed by atoms with Gasteiger partial charge < -0.3 is 5.11 Å². The molecule has 1 N–H and O–H groups in total. The molecule has 1 nitrogen and oxygen atoms in total. The lowest BCUT2D eigenvalue weighted by molar-refractivity contribution is -0.0146. The quantitative estimate of drug-likeness (QED) is 0.852. The molecule has 0 bridgehead atoms.